The van der Waals surface area contributed by atoms with Gasteiger partial charge >= 0.3 is 0 Å². The van der Waals surface area contributed by atoms with E-state index in [1.54, 1.807) is 7.11 Å². The van der Waals surface area contributed by atoms with Crippen LogP contribution in [0, 0.1) is 6.92 Å². The van der Waals surface area contributed by atoms with Crippen molar-refractivity contribution in [2.24, 2.45) is 0 Å². The highest BCUT2D eigenvalue weighted by molar-refractivity contribution is 9.10. The quantitative estimate of drug-likeness (QED) is 0.774. The van der Waals surface area contributed by atoms with Crippen molar-refractivity contribution in [1.29, 1.82) is 0 Å². The van der Waals surface area contributed by atoms with Crippen LogP contribution in [-0.2, 0) is 4.74 Å². The Bertz CT molecular complexity index is 737. The van der Waals surface area contributed by atoms with Gasteiger partial charge in [0.05, 0.1) is 11.0 Å². The Kier molecular flexibility index (Phi) is 3.59. The molecule has 3 rings (SSSR count). The zero-order valence-electron chi connectivity index (χ0n) is 11.4. The van der Waals surface area contributed by atoms with Crippen LogP contribution in [0.15, 0.2) is 46.9 Å². The fourth-order valence-corrected chi connectivity index (χ4v) is 3.00. The lowest BCUT2D eigenvalue weighted by atomic mass is 10.1. The number of nitrogens with one attached hydrogen (secondary N) is 1. The Morgan fingerprint density at radius 1 is 1.20 bits per heavy atom. The van der Waals surface area contributed by atoms with Gasteiger partial charge in [-0.05, 0) is 30.2 Å². The molecule has 1 heterocycles. The smallest absolute Gasteiger partial charge is 0.141 e. The maximum atomic E-state index is 5.62. The lowest BCUT2D eigenvalue weighted by molar-refractivity contribution is 0.130. The normalized spacial score (nSPS) is 12.8. The summed E-state index contributed by atoms with van der Waals surface area (Å²) in [5.41, 5.74) is 4.23. The number of aryl methyl sites for hydroxylation is 1. The average molecular weight is 331 g/mol. The number of nitrogens with zero attached hydrogens (tertiary/aromatic N) is 1. The predicted molar refractivity (Wildman–Crippen MR) is 83.8 cm³/mol. The van der Waals surface area contributed by atoms with E-state index in [9.17, 15) is 0 Å². The van der Waals surface area contributed by atoms with Crippen LogP contribution in [0.5, 0.6) is 0 Å². The van der Waals surface area contributed by atoms with Crippen LogP contribution in [0.4, 0.5) is 0 Å². The molecule has 0 fully saturated rings. The van der Waals surface area contributed by atoms with Crippen molar-refractivity contribution in [3.8, 4) is 0 Å². The zero-order valence-corrected chi connectivity index (χ0v) is 12.9. The molecule has 0 saturated carbocycles. The van der Waals surface area contributed by atoms with Gasteiger partial charge in [0, 0.05) is 11.6 Å². The average Bonchev–Trinajstić information content (AvgIpc) is 2.84. The number of halogens is 1. The Hall–Kier alpha value is -1.65. The Balaban J connectivity index is 2.11. The van der Waals surface area contributed by atoms with Crippen molar-refractivity contribution in [2.45, 2.75) is 13.0 Å². The van der Waals surface area contributed by atoms with Gasteiger partial charge in [0.15, 0.2) is 0 Å². The molecular weight excluding hydrogens is 316 g/mol. The molecule has 0 saturated heterocycles. The first-order valence-electron chi connectivity index (χ1n) is 6.42. The first-order valence-corrected chi connectivity index (χ1v) is 7.22. The highest BCUT2D eigenvalue weighted by Crippen LogP contribution is 2.28. The van der Waals surface area contributed by atoms with Gasteiger partial charge in [-0.15, -0.1) is 0 Å². The van der Waals surface area contributed by atoms with Crippen molar-refractivity contribution in [3.05, 3.63) is 63.9 Å². The molecular formula is C16H15BrN2O. The summed E-state index contributed by atoms with van der Waals surface area (Å²) < 4.78 is 6.66. The molecule has 0 amide bonds. The summed E-state index contributed by atoms with van der Waals surface area (Å²) in [7, 11) is 1.70. The molecule has 0 spiro atoms. The third-order valence-corrected chi connectivity index (χ3v) is 3.80. The molecule has 1 N–H and O–H groups in total. The number of aromatic nitrogens is 2. The third-order valence-electron chi connectivity index (χ3n) is 3.35. The van der Waals surface area contributed by atoms with Crippen molar-refractivity contribution >= 4 is 27.0 Å². The minimum atomic E-state index is -0.179. The number of hydrogen-bond donors (Lipinski definition) is 1. The van der Waals surface area contributed by atoms with Crippen LogP contribution >= 0.6 is 15.9 Å². The van der Waals surface area contributed by atoms with E-state index in [0.717, 1.165) is 32.5 Å². The van der Waals surface area contributed by atoms with E-state index in [1.165, 1.54) is 0 Å². The lowest BCUT2D eigenvalue weighted by Gasteiger charge is -2.12. The third kappa shape index (κ3) is 2.37. The first-order chi connectivity index (χ1) is 9.69. The Morgan fingerprint density at radius 2 is 1.95 bits per heavy atom. The summed E-state index contributed by atoms with van der Waals surface area (Å²) in [5.74, 6) is 0.829. The van der Waals surface area contributed by atoms with Crippen molar-refractivity contribution < 1.29 is 4.74 Å². The molecule has 1 aromatic heterocycles. The van der Waals surface area contributed by atoms with Gasteiger partial charge < -0.3 is 9.72 Å². The maximum Gasteiger partial charge on any atom is 0.141 e. The second-order valence-corrected chi connectivity index (χ2v) is 5.68. The standard InChI is InChI=1S/C16H15BrN2O/c1-10-8-12(17)9-13-14(10)19-16(18-13)15(20-2)11-6-4-3-5-7-11/h3-9,15H,1-2H3,(H,18,19). The van der Waals surface area contributed by atoms with Gasteiger partial charge in [-0.2, -0.15) is 0 Å². The van der Waals surface area contributed by atoms with Crippen molar-refractivity contribution in [3.63, 3.8) is 0 Å². The summed E-state index contributed by atoms with van der Waals surface area (Å²) in [6.07, 6.45) is -0.179. The van der Waals surface area contributed by atoms with Gasteiger partial charge in [0.2, 0.25) is 0 Å². The second kappa shape index (κ2) is 5.38. The second-order valence-electron chi connectivity index (χ2n) is 4.77. The van der Waals surface area contributed by atoms with Crippen LogP contribution < -0.4 is 0 Å². The number of imidazole rings is 1. The number of fused-ring (bicyclic) bond motifs is 1. The monoisotopic (exact) mass is 330 g/mol. The number of hydrogen-bond acceptors (Lipinski definition) is 2. The van der Waals surface area contributed by atoms with E-state index in [4.69, 9.17) is 9.72 Å². The lowest BCUT2D eigenvalue weighted by Crippen LogP contribution is -2.05. The molecule has 3 aromatic rings. The minimum Gasteiger partial charge on any atom is -0.369 e. The summed E-state index contributed by atoms with van der Waals surface area (Å²) in [6, 6.07) is 14.2. The number of H-pyrrole nitrogens is 1. The minimum absolute atomic E-state index is 0.179. The number of aromatic amines is 1. The summed E-state index contributed by atoms with van der Waals surface area (Å²) in [5, 5.41) is 0. The van der Waals surface area contributed by atoms with Crippen LogP contribution in [-0.4, -0.2) is 17.1 Å². The highest BCUT2D eigenvalue weighted by Gasteiger charge is 2.18. The fraction of sp³-hybridized carbons (Fsp3) is 0.188. The van der Waals surface area contributed by atoms with Crippen LogP contribution in [0.25, 0.3) is 11.0 Å². The zero-order chi connectivity index (χ0) is 14.1. The Morgan fingerprint density at radius 3 is 2.65 bits per heavy atom. The molecule has 0 radical (unpaired) electrons. The summed E-state index contributed by atoms with van der Waals surface area (Å²) >= 11 is 3.51. The number of methoxy groups -OCH3 is 1. The highest BCUT2D eigenvalue weighted by atomic mass is 79.9. The van der Waals surface area contributed by atoms with Gasteiger partial charge in [-0.3, -0.25) is 0 Å². The van der Waals surface area contributed by atoms with Crippen molar-refractivity contribution in [1.82, 2.24) is 9.97 Å². The van der Waals surface area contributed by atoms with Crippen LogP contribution in [0.3, 0.4) is 0 Å². The van der Waals surface area contributed by atoms with E-state index >= 15 is 0 Å². The maximum absolute atomic E-state index is 5.62. The van der Waals surface area contributed by atoms with Crippen LogP contribution in [0.2, 0.25) is 0 Å². The molecule has 0 bridgehead atoms. The Labute approximate surface area is 126 Å². The summed E-state index contributed by atoms with van der Waals surface area (Å²) in [6.45, 7) is 2.06. The number of rotatable bonds is 3. The SMILES string of the molecule is COC(c1ccccc1)c1nc2c(C)cc(Br)cc2[nH]1. The van der Waals surface area contributed by atoms with Gasteiger partial charge in [0.1, 0.15) is 11.9 Å². The topological polar surface area (TPSA) is 37.9 Å². The predicted octanol–water partition coefficient (Wildman–Crippen LogP) is 4.37. The van der Waals surface area contributed by atoms with Gasteiger partial charge in [-0.25, -0.2) is 4.98 Å². The van der Waals surface area contributed by atoms with Gasteiger partial charge in [-0.1, -0.05) is 46.3 Å². The molecule has 102 valence electrons. The van der Waals surface area contributed by atoms with E-state index in [0.29, 0.717) is 0 Å². The van der Waals surface area contributed by atoms with E-state index in [2.05, 4.69) is 33.9 Å². The largest absolute Gasteiger partial charge is 0.369 e. The summed E-state index contributed by atoms with van der Waals surface area (Å²) in [4.78, 5) is 8.06. The van der Waals surface area contributed by atoms with Crippen LogP contribution in [0.1, 0.15) is 23.1 Å². The fourth-order valence-electron chi connectivity index (χ4n) is 2.42. The molecule has 0 aliphatic rings. The molecule has 2 aromatic carbocycles. The number of benzene rings is 2. The molecule has 0 aliphatic carbocycles. The van der Waals surface area contributed by atoms with E-state index in [-0.39, 0.29) is 6.10 Å². The first kappa shape index (κ1) is 13.3. The molecule has 1 atom stereocenters. The van der Waals surface area contributed by atoms with E-state index in [1.807, 2.05) is 36.4 Å². The molecule has 0 aliphatic heterocycles. The molecule has 1 unspecified atom stereocenters. The van der Waals surface area contributed by atoms with Gasteiger partial charge in [0.25, 0.3) is 0 Å². The molecule has 3 nitrogen and oxygen atoms in total. The molecule has 4 heteroatoms. The molecule has 20 heavy (non-hydrogen) atoms. The van der Waals surface area contributed by atoms with E-state index < -0.39 is 0 Å². The van der Waals surface area contributed by atoms with Crippen molar-refractivity contribution in [2.75, 3.05) is 7.11 Å². The number of ether oxygens (including phenoxy) is 1.